The summed E-state index contributed by atoms with van der Waals surface area (Å²) < 4.78 is 16.8. The van der Waals surface area contributed by atoms with Crippen molar-refractivity contribution >= 4 is 5.91 Å². The summed E-state index contributed by atoms with van der Waals surface area (Å²) in [5.74, 6) is 0.209. The number of ether oxygens (including phenoxy) is 2. The molecule has 4 rings (SSSR count). The van der Waals surface area contributed by atoms with Crippen molar-refractivity contribution in [2.75, 3.05) is 14.2 Å². The van der Waals surface area contributed by atoms with Crippen LogP contribution in [-0.2, 0) is 24.2 Å². The molecule has 198 valence electrons. The van der Waals surface area contributed by atoms with E-state index in [9.17, 15) is 14.7 Å². The molecule has 0 radical (unpaired) electrons. The third-order valence-electron chi connectivity index (χ3n) is 5.93. The molecule has 0 fully saturated rings. The molecule has 4 aromatic rings. The fraction of sp³-hybridized carbons (Fsp3) is 0.296. The fourth-order valence-electron chi connectivity index (χ4n) is 4.09. The van der Waals surface area contributed by atoms with Crippen molar-refractivity contribution < 1.29 is 23.8 Å². The Kier molecular flexibility index (Phi) is 8.37. The first-order valence-corrected chi connectivity index (χ1v) is 12.1. The van der Waals surface area contributed by atoms with Crippen LogP contribution in [0.1, 0.15) is 36.9 Å². The Morgan fingerprint density at radius 2 is 1.84 bits per heavy atom. The second-order valence-electron chi connectivity index (χ2n) is 8.49. The van der Waals surface area contributed by atoms with Crippen LogP contribution in [0.3, 0.4) is 0 Å². The van der Waals surface area contributed by atoms with E-state index in [-0.39, 0.29) is 42.0 Å². The number of carbonyl (C=O) groups excluding carboxylic acids is 1. The summed E-state index contributed by atoms with van der Waals surface area (Å²) in [4.78, 5) is 32.2. The number of nitrogens with one attached hydrogen (secondary N) is 2. The number of rotatable bonds is 11. The molecule has 0 aliphatic rings. The van der Waals surface area contributed by atoms with Gasteiger partial charge in [-0.2, -0.15) is 0 Å². The highest BCUT2D eigenvalue weighted by molar-refractivity contribution is 5.87. The molecule has 1 aromatic carbocycles. The number of amides is 1. The van der Waals surface area contributed by atoms with Crippen molar-refractivity contribution in [3.05, 3.63) is 70.2 Å². The molecule has 0 bridgehead atoms. The summed E-state index contributed by atoms with van der Waals surface area (Å²) in [6, 6.07) is 8.79. The van der Waals surface area contributed by atoms with Crippen molar-refractivity contribution in [1.29, 1.82) is 0 Å². The maximum Gasteiger partial charge on any atom is 0.264 e. The molecule has 38 heavy (non-hydrogen) atoms. The zero-order valence-electron chi connectivity index (χ0n) is 21.4. The molecule has 3 heterocycles. The first-order chi connectivity index (χ1) is 18.5. The van der Waals surface area contributed by atoms with Gasteiger partial charge in [0.25, 0.3) is 11.4 Å². The van der Waals surface area contributed by atoms with E-state index in [4.69, 9.17) is 13.9 Å². The van der Waals surface area contributed by atoms with Gasteiger partial charge in [-0.15, -0.1) is 10.2 Å². The minimum Gasteiger partial charge on any atom is -0.506 e. The summed E-state index contributed by atoms with van der Waals surface area (Å²) in [5.41, 5.74) is 1.36. The van der Waals surface area contributed by atoms with Crippen LogP contribution in [0.5, 0.6) is 17.2 Å². The van der Waals surface area contributed by atoms with Gasteiger partial charge in [0.15, 0.2) is 0 Å². The third-order valence-corrected chi connectivity index (χ3v) is 5.93. The Bertz CT molecular complexity index is 1440. The number of aromatic amines is 1. The van der Waals surface area contributed by atoms with Gasteiger partial charge in [-0.05, 0) is 36.6 Å². The smallest absolute Gasteiger partial charge is 0.264 e. The van der Waals surface area contributed by atoms with E-state index in [1.54, 1.807) is 42.7 Å². The van der Waals surface area contributed by atoms with Gasteiger partial charge in [0.1, 0.15) is 22.8 Å². The average molecular weight is 520 g/mol. The van der Waals surface area contributed by atoms with Crippen LogP contribution in [0.2, 0.25) is 0 Å². The molecule has 3 N–H and O–H groups in total. The number of nitrogens with zero attached hydrogens (tertiary/aromatic N) is 3. The highest BCUT2D eigenvalue weighted by Gasteiger charge is 2.27. The lowest BCUT2D eigenvalue weighted by atomic mass is 9.96. The first-order valence-electron chi connectivity index (χ1n) is 12.1. The summed E-state index contributed by atoms with van der Waals surface area (Å²) in [6.45, 7) is 1.98. The Labute approximate surface area is 218 Å². The van der Waals surface area contributed by atoms with E-state index >= 15 is 0 Å². The molecule has 3 aromatic heterocycles. The Balaban J connectivity index is 1.69. The van der Waals surface area contributed by atoms with E-state index < -0.39 is 5.56 Å². The predicted molar refractivity (Wildman–Crippen MR) is 139 cm³/mol. The molecule has 0 spiro atoms. The molecule has 11 nitrogen and oxygen atoms in total. The van der Waals surface area contributed by atoms with Gasteiger partial charge in [0, 0.05) is 18.1 Å². The standard InChI is InChI=1S/C27H29N5O6/c1-4-5-9-17-22(23-18(36-2)10-6-11-19(23)37-3)25(34)24(26(35)30-17)27-32-31-21(38-27)15-29-20(33)13-16-8-7-12-28-14-16/h6-8,10-12,14H,4-5,9,13,15H2,1-3H3,(H,29,33)(H2,30,34,35). The Morgan fingerprint density at radius 1 is 1.08 bits per heavy atom. The van der Waals surface area contributed by atoms with Crippen LogP contribution < -0.4 is 20.3 Å². The highest BCUT2D eigenvalue weighted by Crippen LogP contribution is 2.46. The average Bonchev–Trinajstić information content (AvgIpc) is 3.39. The van der Waals surface area contributed by atoms with Crippen LogP contribution in [0, 0.1) is 0 Å². The second-order valence-corrected chi connectivity index (χ2v) is 8.49. The quantitative estimate of drug-likeness (QED) is 0.271. The molecule has 0 saturated carbocycles. The lowest BCUT2D eigenvalue weighted by Crippen LogP contribution is -2.24. The molecular weight excluding hydrogens is 490 g/mol. The van der Waals surface area contributed by atoms with Crippen molar-refractivity contribution in [2.45, 2.75) is 39.2 Å². The van der Waals surface area contributed by atoms with Gasteiger partial charge in [-0.25, -0.2) is 0 Å². The van der Waals surface area contributed by atoms with Gasteiger partial charge >= 0.3 is 0 Å². The number of unbranched alkanes of at least 4 members (excludes halogenated alkanes) is 1. The number of pyridine rings is 2. The normalized spacial score (nSPS) is 10.8. The van der Waals surface area contributed by atoms with Gasteiger partial charge < -0.3 is 29.3 Å². The molecule has 0 saturated heterocycles. The number of methoxy groups -OCH3 is 2. The number of aromatic hydroxyl groups is 1. The van der Waals surface area contributed by atoms with Crippen LogP contribution in [0.15, 0.2) is 51.9 Å². The monoisotopic (exact) mass is 519 g/mol. The second kappa shape index (κ2) is 12.0. The molecule has 0 aliphatic heterocycles. The molecular formula is C27H29N5O6. The summed E-state index contributed by atoms with van der Waals surface area (Å²) in [7, 11) is 3.03. The first kappa shape index (κ1) is 26.4. The van der Waals surface area contributed by atoms with Gasteiger partial charge in [-0.1, -0.05) is 25.5 Å². The van der Waals surface area contributed by atoms with Gasteiger partial charge in [0.2, 0.25) is 11.8 Å². The summed E-state index contributed by atoms with van der Waals surface area (Å²) >= 11 is 0. The largest absolute Gasteiger partial charge is 0.506 e. The molecule has 1 amide bonds. The highest BCUT2D eigenvalue weighted by atomic mass is 16.5. The zero-order chi connectivity index (χ0) is 27.1. The van der Waals surface area contributed by atoms with Gasteiger partial charge in [-0.3, -0.25) is 14.6 Å². The molecule has 11 heteroatoms. The number of carbonyl (C=O) groups is 1. The third kappa shape index (κ3) is 5.66. The Hall–Kier alpha value is -4.67. The van der Waals surface area contributed by atoms with Crippen LogP contribution >= 0.6 is 0 Å². The lowest BCUT2D eigenvalue weighted by molar-refractivity contribution is -0.120. The van der Waals surface area contributed by atoms with Crippen molar-refractivity contribution in [1.82, 2.24) is 25.5 Å². The predicted octanol–water partition coefficient (Wildman–Crippen LogP) is 3.41. The summed E-state index contributed by atoms with van der Waals surface area (Å²) in [6.07, 6.45) is 5.55. The van der Waals surface area contributed by atoms with E-state index in [0.29, 0.717) is 34.7 Å². The maximum atomic E-state index is 13.1. The molecule has 0 unspecified atom stereocenters. The summed E-state index contributed by atoms with van der Waals surface area (Å²) in [5, 5.41) is 22.1. The van der Waals surface area contributed by atoms with Crippen molar-refractivity contribution in [2.24, 2.45) is 0 Å². The number of H-pyrrole nitrogens is 1. The maximum absolute atomic E-state index is 13.1. The zero-order valence-corrected chi connectivity index (χ0v) is 21.4. The Morgan fingerprint density at radius 3 is 2.50 bits per heavy atom. The molecule has 0 aliphatic carbocycles. The van der Waals surface area contributed by atoms with Gasteiger partial charge in [0.05, 0.1) is 38.3 Å². The van der Waals surface area contributed by atoms with E-state index in [1.807, 2.05) is 6.92 Å². The fourth-order valence-corrected chi connectivity index (χ4v) is 4.09. The number of benzene rings is 1. The van der Waals surface area contributed by atoms with E-state index in [1.165, 1.54) is 14.2 Å². The van der Waals surface area contributed by atoms with E-state index in [2.05, 4.69) is 25.5 Å². The van der Waals surface area contributed by atoms with Crippen LogP contribution in [0.4, 0.5) is 0 Å². The van der Waals surface area contributed by atoms with Crippen molar-refractivity contribution in [3.8, 4) is 39.8 Å². The lowest BCUT2D eigenvalue weighted by Gasteiger charge is -2.18. The topological polar surface area (TPSA) is 152 Å². The number of hydrogen-bond acceptors (Lipinski definition) is 9. The molecule has 0 atom stereocenters. The number of aromatic nitrogens is 4. The SMILES string of the molecule is CCCCc1[nH]c(=O)c(-c2nnc(CNC(=O)Cc3cccnc3)o2)c(O)c1-c1c(OC)cccc1OC. The minimum absolute atomic E-state index is 0.0491. The van der Waals surface area contributed by atoms with E-state index in [0.717, 1.165) is 18.4 Å². The van der Waals surface area contributed by atoms with Crippen molar-refractivity contribution in [3.63, 3.8) is 0 Å². The number of aryl methyl sites for hydroxylation is 1. The number of hydrogen-bond donors (Lipinski definition) is 3. The minimum atomic E-state index is -0.581. The van der Waals surface area contributed by atoms with Crippen LogP contribution in [0.25, 0.3) is 22.6 Å². The van der Waals surface area contributed by atoms with Crippen LogP contribution in [-0.4, -0.2) is 45.4 Å².